The standard InChI is InChI=1S/C13H13N3O3S/c14-13-16-10(7-20-13)11(17)15-9-3-1-8(2-4-9)12-18-5-6-19-12/h1-4,7,12H,5-6H2,(H2,14,16)(H,15,17). The van der Waals surface area contributed by atoms with Crippen molar-refractivity contribution in [3.8, 4) is 0 Å². The van der Waals surface area contributed by atoms with Gasteiger partial charge in [-0.1, -0.05) is 12.1 Å². The maximum absolute atomic E-state index is 11.9. The van der Waals surface area contributed by atoms with E-state index >= 15 is 0 Å². The first-order valence-electron chi connectivity index (χ1n) is 6.08. The molecule has 1 fully saturated rings. The number of nitrogens with zero attached hydrogens (tertiary/aromatic N) is 1. The molecule has 6 nitrogen and oxygen atoms in total. The second-order valence-corrected chi connectivity index (χ2v) is 5.11. The maximum atomic E-state index is 11.9. The van der Waals surface area contributed by atoms with Crippen molar-refractivity contribution in [2.75, 3.05) is 24.3 Å². The number of thiazole rings is 1. The molecule has 1 aromatic carbocycles. The van der Waals surface area contributed by atoms with Crippen molar-refractivity contribution in [3.05, 3.63) is 40.9 Å². The molecule has 3 rings (SSSR count). The minimum Gasteiger partial charge on any atom is -0.375 e. The number of carbonyl (C=O) groups is 1. The Hall–Kier alpha value is -1.96. The Labute approximate surface area is 119 Å². The van der Waals surface area contributed by atoms with Crippen LogP contribution in [-0.2, 0) is 9.47 Å². The van der Waals surface area contributed by atoms with E-state index in [2.05, 4.69) is 10.3 Å². The SMILES string of the molecule is Nc1nc(C(=O)Nc2ccc(C3OCCO3)cc2)cs1. The number of hydrogen-bond acceptors (Lipinski definition) is 6. The molecule has 20 heavy (non-hydrogen) atoms. The predicted octanol–water partition coefficient (Wildman–Crippen LogP) is 2.02. The van der Waals surface area contributed by atoms with Gasteiger partial charge in [0.1, 0.15) is 5.69 Å². The lowest BCUT2D eigenvalue weighted by Crippen LogP contribution is -2.12. The molecule has 1 saturated heterocycles. The van der Waals surface area contributed by atoms with Crippen LogP contribution in [0.1, 0.15) is 22.3 Å². The van der Waals surface area contributed by atoms with Crippen molar-refractivity contribution in [2.45, 2.75) is 6.29 Å². The molecule has 104 valence electrons. The molecule has 1 aromatic heterocycles. The summed E-state index contributed by atoms with van der Waals surface area (Å²) in [6, 6.07) is 7.32. The van der Waals surface area contributed by atoms with E-state index in [4.69, 9.17) is 15.2 Å². The Morgan fingerprint density at radius 1 is 1.30 bits per heavy atom. The minimum atomic E-state index is -0.307. The van der Waals surface area contributed by atoms with Gasteiger partial charge in [0.15, 0.2) is 11.4 Å². The van der Waals surface area contributed by atoms with E-state index in [1.807, 2.05) is 12.1 Å². The number of hydrogen-bond donors (Lipinski definition) is 2. The van der Waals surface area contributed by atoms with Crippen molar-refractivity contribution < 1.29 is 14.3 Å². The Bertz CT molecular complexity index is 606. The third kappa shape index (κ3) is 2.79. The Kier molecular flexibility index (Phi) is 3.64. The van der Waals surface area contributed by atoms with E-state index in [9.17, 15) is 4.79 Å². The second kappa shape index (κ2) is 5.58. The molecular formula is C13H13N3O3S. The number of ether oxygens (including phenoxy) is 2. The number of nitrogen functional groups attached to an aromatic ring is 1. The molecular weight excluding hydrogens is 278 g/mol. The van der Waals surface area contributed by atoms with Crippen molar-refractivity contribution >= 4 is 28.1 Å². The van der Waals surface area contributed by atoms with E-state index in [0.29, 0.717) is 29.7 Å². The molecule has 1 aliphatic rings. The molecule has 2 aromatic rings. The smallest absolute Gasteiger partial charge is 0.275 e. The first-order chi connectivity index (χ1) is 9.72. The zero-order valence-corrected chi connectivity index (χ0v) is 11.4. The highest BCUT2D eigenvalue weighted by molar-refractivity contribution is 7.13. The number of amides is 1. The number of anilines is 2. The normalized spacial score (nSPS) is 15.4. The summed E-state index contributed by atoms with van der Waals surface area (Å²) in [6.45, 7) is 1.21. The van der Waals surface area contributed by atoms with Crippen LogP contribution in [0.4, 0.5) is 10.8 Å². The van der Waals surface area contributed by atoms with Crippen LogP contribution < -0.4 is 11.1 Å². The first kappa shape index (κ1) is 13.0. The van der Waals surface area contributed by atoms with Gasteiger partial charge in [0, 0.05) is 16.6 Å². The minimum absolute atomic E-state index is 0.279. The average molecular weight is 291 g/mol. The van der Waals surface area contributed by atoms with Gasteiger partial charge in [0.25, 0.3) is 5.91 Å². The summed E-state index contributed by atoms with van der Waals surface area (Å²) in [6.07, 6.45) is -0.307. The topological polar surface area (TPSA) is 86.5 Å². The average Bonchev–Trinajstić information content (AvgIpc) is 3.10. The Morgan fingerprint density at radius 3 is 2.60 bits per heavy atom. The van der Waals surface area contributed by atoms with Gasteiger partial charge in [-0.15, -0.1) is 11.3 Å². The summed E-state index contributed by atoms with van der Waals surface area (Å²) in [5.74, 6) is -0.279. The van der Waals surface area contributed by atoms with Gasteiger partial charge >= 0.3 is 0 Å². The highest BCUT2D eigenvalue weighted by atomic mass is 32.1. The van der Waals surface area contributed by atoms with Gasteiger partial charge in [-0.3, -0.25) is 4.79 Å². The molecule has 0 unspecified atom stereocenters. The fourth-order valence-corrected chi connectivity index (χ4v) is 2.40. The van der Waals surface area contributed by atoms with E-state index < -0.39 is 0 Å². The molecule has 0 aliphatic carbocycles. The quantitative estimate of drug-likeness (QED) is 0.903. The summed E-state index contributed by atoms with van der Waals surface area (Å²) in [5, 5.41) is 4.76. The number of benzene rings is 1. The number of nitrogens with two attached hydrogens (primary N) is 1. The van der Waals surface area contributed by atoms with Gasteiger partial charge in [-0.2, -0.15) is 0 Å². The highest BCUT2D eigenvalue weighted by Gasteiger charge is 2.18. The highest BCUT2D eigenvalue weighted by Crippen LogP contribution is 2.24. The van der Waals surface area contributed by atoms with E-state index in [1.54, 1.807) is 17.5 Å². The molecule has 3 N–H and O–H groups in total. The zero-order chi connectivity index (χ0) is 13.9. The molecule has 1 amide bonds. The molecule has 0 atom stereocenters. The lowest BCUT2D eigenvalue weighted by molar-refractivity contribution is -0.0441. The lowest BCUT2D eigenvalue weighted by Gasteiger charge is -2.10. The zero-order valence-electron chi connectivity index (χ0n) is 10.5. The fourth-order valence-electron chi connectivity index (χ4n) is 1.86. The van der Waals surface area contributed by atoms with Crippen LogP contribution in [0.5, 0.6) is 0 Å². The number of aromatic nitrogens is 1. The number of nitrogens with one attached hydrogen (secondary N) is 1. The third-order valence-electron chi connectivity index (χ3n) is 2.82. The van der Waals surface area contributed by atoms with Crippen LogP contribution in [0.25, 0.3) is 0 Å². The monoisotopic (exact) mass is 291 g/mol. The van der Waals surface area contributed by atoms with Crippen LogP contribution in [0.3, 0.4) is 0 Å². The van der Waals surface area contributed by atoms with Crippen LogP contribution in [0, 0.1) is 0 Å². The van der Waals surface area contributed by atoms with Crippen LogP contribution in [-0.4, -0.2) is 24.1 Å². The molecule has 2 heterocycles. The molecule has 0 spiro atoms. The van der Waals surface area contributed by atoms with Gasteiger partial charge in [0.2, 0.25) is 0 Å². The maximum Gasteiger partial charge on any atom is 0.275 e. The fraction of sp³-hybridized carbons (Fsp3) is 0.231. The largest absolute Gasteiger partial charge is 0.375 e. The van der Waals surface area contributed by atoms with Crippen molar-refractivity contribution in [1.29, 1.82) is 0 Å². The molecule has 0 radical (unpaired) electrons. The van der Waals surface area contributed by atoms with Crippen molar-refractivity contribution in [1.82, 2.24) is 4.98 Å². The Balaban J connectivity index is 1.67. The summed E-state index contributed by atoms with van der Waals surface area (Å²) in [5.41, 5.74) is 7.43. The van der Waals surface area contributed by atoms with Crippen molar-refractivity contribution in [3.63, 3.8) is 0 Å². The number of rotatable bonds is 3. The van der Waals surface area contributed by atoms with Gasteiger partial charge in [0.05, 0.1) is 13.2 Å². The Morgan fingerprint density at radius 2 is 2.00 bits per heavy atom. The van der Waals surface area contributed by atoms with E-state index in [-0.39, 0.29) is 12.2 Å². The molecule has 0 saturated carbocycles. The molecule has 0 bridgehead atoms. The van der Waals surface area contributed by atoms with Crippen molar-refractivity contribution in [2.24, 2.45) is 0 Å². The lowest BCUT2D eigenvalue weighted by atomic mass is 10.2. The molecule has 7 heteroatoms. The first-order valence-corrected chi connectivity index (χ1v) is 6.96. The van der Waals surface area contributed by atoms with Gasteiger partial charge in [-0.25, -0.2) is 4.98 Å². The van der Waals surface area contributed by atoms with E-state index in [1.165, 1.54) is 11.3 Å². The summed E-state index contributed by atoms with van der Waals surface area (Å²) >= 11 is 1.24. The van der Waals surface area contributed by atoms with Gasteiger partial charge in [-0.05, 0) is 12.1 Å². The second-order valence-electron chi connectivity index (χ2n) is 4.22. The molecule has 1 aliphatic heterocycles. The summed E-state index contributed by atoms with van der Waals surface area (Å²) < 4.78 is 10.8. The van der Waals surface area contributed by atoms with Crippen LogP contribution >= 0.6 is 11.3 Å². The predicted molar refractivity (Wildman–Crippen MR) is 75.6 cm³/mol. The van der Waals surface area contributed by atoms with Crippen LogP contribution in [0.15, 0.2) is 29.6 Å². The van der Waals surface area contributed by atoms with Gasteiger partial charge < -0.3 is 20.5 Å². The summed E-state index contributed by atoms with van der Waals surface area (Å²) in [7, 11) is 0. The van der Waals surface area contributed by atoms with Crippen LogP contribution in [0.2, 0.25) is 0 Å². The van der Waals surface area contributed by atoms with E-state index in [0.717, 1.165) is 5.56 Å². The third-order valence-corrected chi connectivity index (χ3v) is 3.49. The number of carbonyl (C=O) groups excluding carboxylic acids is 1. The summed E-state index contributed by atoms with van der Waals surface area (Å²) in [4.78, 5) is 15.8.